The summed E-state index contributed by atoms with van der Waals surface area (Å²) in [7, 11) is 3.19. The van der Waals surface area contributed by atoms with Crippen molar-refractivity contribution < 1.29 is 18.7 Å². The van der Waals surface area contributed by atoms with E-state index in [4.69, 9.17) is 9.47 Å². The largest absolute Gasteiger partial charge is 0.497 e. The van der Waals surface area contributed by atoms with Gasteiger partial charge in [0.05, 0.1) is 19.9 Å². The maximum absolute atomic E-state index is 13.2. The molecule has 3 rings (SSSR count). The minimum absolute atomic E-state index is 0.262. The van der Waals surface area contributed by atoms with Gasteiger partial charge in [-0.25, -0.2) is 4.39 Å². The highest BCUT2D eigenvalue weighted by atomic mass is 19.1. The first-order valence-corrected chi connectivity index (χ1v) is 8.25. The number of nitrogens with one attached hydrogen (secondary N) is 2. The van der Waals surface area contributed by atoms with Crippen LogP contribution in [0.2, 0.25) is 0 Å². The molecule has 0 radical (unpaired) electrons. The van der Waals surface area contributed by atoms with Crippen molar-refractivity contribution in [3.8, 4) is 11.5 Å². The van der Waals surface area contributed by atoms with Crippen LogP contribution >= 0.6 is 0 Å². The van der Waals surface area contributed by atoms with Crippen molar-refractivity contribution in [2.45, 2.75) is 0 Å². The molecule has 0 atom stereocenters. The maximum Gasteiger partial charge on any atom is 0.255 e. The standard InChI is InChI=1S/C21H19FN2O3/c1-26-18-10-11-20(27-2)19(13-18)23-16-6-8-17(9-7-16)24-21(25)14-4-3-5-15(22)12-14/h3-13,23H,1-2H3,(H,24,25). The van der Waals surface area contributed by atoms with E-state index < -0.39 is 5.82 Å². The molecule has 0 fully saturated rings. The zero-order chi connectivity index (χ0) is 19.2. The number of benzene rings is 3. The van der Waals surface area contributed by atoms with E-state index in [1.165, 1.54) is 18.2 Å². The first-order valence-electron chi connectivity index (χ1n) is 8.25. The quantitative estimate of drug-likeness (QED) is 0.655. The number of hydrogen-bond donors (Lipinski definition) is 2. The molecule has 0 unspecified atom stereocenters. The van der Waals surface area contributed by atoms with Crippen molar-refractivity contribution in [2.24, 2.45) is 0 Å². The van der Waals surface area contributed by atoms with Crippen LogP contribution in [0.3, 0.4) is 0 Å². The van der Waals surface area contributed by atoms with Gasteiger partial charge >= 0.3 is 0 Å². The molecule has 0 aliphatic carbocycles. The highest BCUT2D eigenvalue weighted by Crippen LogP contribution is 2.31. The van der Waals surface area contributed by atoms with Gasteiger partial charge in [-0.2, -0.15) is 0 Å². The SMILES string of the molecule is COc1ccc(OC)c(Nc2ccc(NC(=O)c3cccc(F)c3)cc2)c1. The van der Waals surface area contributed by atoms with Crippen LogP contribution in [0.15, 0.2) is 66.7 Å². The van der Waals surface area contributed by atoms with Crippen LogP contribution in [0, 0.1) is 5.82 Å². The summed E-state index contributed by atoms with van der Waals surface area (Å²) in [5.41, 5.74) is 2.43. The Kier molecular flexibility index (Phi) is 5.56. The fraction of sp³-hybridized carbons (Fsp3) is 0.0952. The van der Waals surface area contributed by atoms with E-state index in [2.05, 4.69) is 10.6 Å². The molecular formula is C21H19FN2O3. The molecule has 3 aromatic carbocycles. The molecule has 0 spiro atoms. The highest BCUT2D eigenvalue weighted by molar-refractivity contribution is 6.04. The summed E-state index contributed by atoms with van der Waals surface area (Å²) in [4.78, 5) is 12.2. The van der Waals surface area contributed by atoms with Crippen molar-refractivity contribution in [3.05, 3.63) is 78.1 Å². The summed E-state index contributed by atoms with van der Waals surface area (Å²) < 4.78 is 23.8. The number of hydrogen-bond acceptors (Lipinski definition) is 4. The monoisotopic (exact) mass is 366 g/mol. The Labute approximate surface area is 156 Å². The second-order valence-electron chi connectivity index (χ2n) is 5.73. The highest BCUT2D eigenvalue weighted by Gasteiger charge is 2.08. The number of rotatable bonds is 6. The fourth-order valence-electron chi connectivity index (χ4n) is 2.54. The first-order chi connectivity index (χ1) is 13.1. The Morgan fingerprint density at radius 3 is 2.30 bits per heavy atom. The zero-order valence-electron chi connectivity index (χ0n) is 15.0. The summed E-state index contributed by atoms with van der Waals surface area (Å²) in [5, 5.41) is 5.99. The molecule has 0 aliphatic heterocycles. The normalized spacial score (nSPS) is 10.2. The minimum atomic E-state index is -0.450. The van der Waals surface area contributed by atoms with Crippen LogP contribution in [0.1, 0.15) is 10.4 Å². The summed E-state index contributed by atoms with van der Waals surface area (Å²) in [6, 6.07) is 18.2. The van der Waals surface area contributed by atoms with E-state index in [0.717, 1.165) is 11.4 Å². The fourth-order valence-corrected chi connectivity index (χ4v) is 2.54. The molecule has 27 heavy (non-hydrogen) atoms. The second-order valence-corrected chi connectivity index (χ2v) is 5.73. The van der Waals surface area contributed by atoms with Gasteiger partial charge in [-0.3, -0.25) is 4.79 Å². The number of carbonyl (C=O) groups excluding carboxylic acids is 1. The van der Waals surface area contributed by atoms with E-state index in [1.54, 1.807) is 32.4 Å². The van der Waals surface area contributed by atoms with E-state index in [0.29, 0.717) is 17.2 Å². The van der Waals surface area contributed by atoms with Crippen molar-refractivity contribution >= 4 is 23.0 Å². The lowest BCUT2D eigenvalue weighted by Gasteiger charge is -2.13. The molecule has 0 aromatic heterocycles. The van der Waals surface area contributed by atoms with Gasteiger partial charge in [-0.05, 0) is 54.6 Å². The number of ether oxygens (including phenoxy) is 2. The molecule has 0 heterocycles. The van der Waals surface area contributed by atoms with Crippen LogP contribution in [0.25, 0.3) is 0 Å². The molecule has 138 valence electrons. The lowest BCUT2D eigenvalue weighted by molar-refractivity contribution is 0.102. The number of amides is 1. The third-order valence-electron chi connectivity index (χ3n) is 3.92. The molecule has 0 saturated carbocycles. The van der Waals surface area contributed by atoms with Crippen molar-refractivity contribution in [2.75, 3.05) is 24.9 Å². The average molecular weight is 366 g/mol. The number of carbonyl (C=O) groups is 1. The summed E-state index contributed by atoms with van der Waals surface area (Å²) in [6.07, 6.45) is 0. The van der Waals surface area contributed by atoms with Crippen LogP contribution in [-0.2, 0) is 0 Å². The molecular weight excluding hydrogens is 347 g/mol. The molecule has 1 amide bonds. The molecule has 0 saturated heterocycles. The van der Waals surface area contributed by atoms with Gasteiger partial charge in [0.15, 0.2) is 0 Å². The van der Waals surface area contributed by atoms with Crippen molar-refractivity contribution in [3.63, 3.8) is 0 Å². The number of anilines is 3. The van der Waals surface area contributed by atoms with Crippen LogP contribution in [-0.4, -0.2) is 20.1 Å². The predicted octanol–water partition coefficient (Wildman–Crippen LogP) is 4.84. The smallest absolute Gasteiger partial charge is 0.255 e. The molecule has 6 heteroatoms. The van der Waals surface area contributed by atoms with Crippen LogP contribution < -0.4 is 20.1 Å². The average Bonchev–Trinajstić information content (AvgIpc) is 2.69. The predicted molar refractivity (Wildman–Crippen MR) is 104 cm³/mol. The summed E-state index contributed by atoms with van der Waals surface area (Å²) in [5.74, 6) is 0.565. The van der Waals surface area contributed by atoms with Gasteiger partial charge in [0.25, 0.3) is 5.91 Å². The van der Waals surface area contributed by atoms with E-state index in [-0.39, 0.29) is 11.5 Å². The Balaban J connectivity index is 1.71. The van der Waals surface area contributed by atoms with Crippen molar-refractivity contribution in [1.82, 2.24) is 0 Å². The Hall–Kier alpha value is -3.54. The third kappa shape index (κ3) is 4.55. The van der Waals surface area contributed by atoms with E-state index in [1.807, 2.05) is 30.3 Å². The number of methoxy groups -OCH3 is 2. The third-order valence-corrected chi connectivity index (χ3v) is 3.92. The Bertz CT molecular complexity index is 942. The summed E-state index contributed by atoms with van der Waals surface area (Å²) in [6.45, 7) is 0. The first kappa shape index (κ1) is 18.3. The zero-order valence-corrected chi connectivity index (χ0v) is 15.0. The van der Waals surface area contributed by atoms with Crippen molar-refractivity contribution in [1.29, 1.82) is 0 Å². The van der Waals surface area contributed by atoms with E-state index in [9.17, 15) is 9.18 Å². The summed E-state index contributed by atoms with van der Waals surface area (Å²) >= 11 is 0. The lowest BCUT2D eigenvalue weighted by atomic mass is 10.2. The number of halogens is 1. The molecule has 0 aliphatic rings. The lowest BCUT2D eigenvalue weighted by Crippen LogP contribution is -2.11. The van der Waals surface area contributed by atoms with Crippen LogP contribution in [0.4, 0.5) is 21.5 Å². The maximum atomic E-state index is 13.2. The molecule has 3 aromatic rings. The minimum Gasteiger partial charge on any atom is -0.497 e. The van der Waals surface area contributed by atoms with E-state index >= 15 is 0 Å². The molecule has 0 bridgehead atoms. The van der Waals surface area contributed by atoms with Gasteiger partial charge in [0.2, 0.25) is 0 Å². The molecule has 5 nitrogen and oxygen atoms in total. The second kappa shape index (κ2) is 8.23. The van der Waals surface area contributed by atoms with Gasteiger partial charge in [-0.1, -0.05) is 6.07 Å². The van der Waals surface area contributed by atoms with Gasteiger partial charge in [0.1, 0.15) is 17.3 Å². The van der Waals surface area contributed by atoms with Gasteiger partial charge in [-0.15, -0.1) is 0 Å². The Morgan fingerprint density at radius 2 is 1.63 bits per heavy atom. The topological polar surface area (TPSA) is 59.6 Å². The van der Waals surface area contributed by atoms with Gasteiger partial charge < -0.3 is 20.1 Å². The molecule has 2 N–H and O–H groups in total. The van der Waals surface area contributed by atoms with Crippen LogP contribution in [0.5, 0.6) is 11.5 Å². The Morgan fingerprint density at radius 1 is 0.889 bits per heavy atom. The van der Waals surface area contributed by atoms with Gasteiger partial charge in [0, 0.05) is 23.0 Å².